The van der Waals surface area contributed by atoms with E-state index in [-0.39, 0.29) is 23.3 Å². The molecule has 4 nitrogen and oxygen atoms in total. The molecule has 0 aliphatic carbocycles. The molecule has 0 bridgehead atoms. The Bertz CT molecular complexity index is 343. The largest absolute Gasteiger partial charge is 0.342 e. The van der Waals surface area contributed by atoms with E-state index in [0.717, 1.165) is 12.8 Å². The average Bonchev–Trinajstić information content (AvgIpc) is 2.33. The molecule has 1 rings (SSSR count). The van der Waals surface area contributed by atoms with Crippen LogP contribution in [0.2, 0.25) is 0 Å². The van der Waals surface area contributed by atoms with Gasteiger partial charge in [-0.3, -0.25) is 9.59 Å². The third-order valence-electron chi connectivity index (χ3n) is 4.14. The Kier molecular flexibility index (Phi) is 4.99. The monoisotopic (exact) mass is 268 g/mol. The molecule has 0 radical (unpaired) electrons. The summed E-state index contributed by atoms with van der Waals surface area (Å²) >= 11 is 0. The summed E-state index contributed by atoms with van der Waals surface area (Å²) in [6.07, 6.45) is 2.07. The molecule has 2 unspecified atom stereocenters. The lowest BCUT2D eigenvalue weighted by atomic mass is 9.83. The molecule has 0 aromatic rings. The van der Waals surface area contributed by atoms with Crippen molar-refractivity contribution in [2.45, 2.75) is 66.5 Å². The number of carbonyl (C=O) groups excluding carboxylic acids is 2. The number of piperazine rings is 1. The average molecular weight is 268 g/mol. The molecule has 19 heavy (non-hydrogen) atoms. The van der Waals surface area contributed by atoms with Crippen molar-refractivity contribution in [2.75, 3.05) is 6.54 Å². The van der Waals surface area contributed by atoms with Gasteiger partial charge < -0.3 is 10.2 Å². The summed E-state index contributed by atoms with van der Waals surface area (Å²) in [5.74, 6) is 0.495. The minimum atomic E-state index is -0.412. The van der Waals surface area contributed by atoms with Crippen LogP contribution in [-0.2, 0) is 9.59 Å². The molecule has 4 heteroatoms. The second-order valence-corrected chi connectivity index (χ2v) is 6.66. The SMILES string of the molecule is CCC(CC)CN1C(=O)C(C(C)(C)C)NC(=O)C1C. The van der Waals surface area contributed by atoms with Gasteiger partial charge in [0.25, 0.3) is 0 Å². The van der Waals surface area contributed by atoms with Gasteiger partial charge in [-0.15, -0.1) is 0 Å². The summed E-state index contributed by atoms with van der Waals surface area (Å²) in [4.78, 5) is 26.4. The number of carbonyl (C=O) groups is 2. The van der Waals surface area contributed by atoms with Crippen molar-refractivity contribution in [1.29, 1.82) is 0 Å². The minimum absolute atomic E-state index is 0.0366. The molecular weight excluding hydrogens is 240 g/mol. The number of hydrogen-bond acceptors (Lipinski definition) is 2. The maximum atomic E-state index is 12.6. The van der Waals surface area contributed by atoms with Crippen molar-refractivity contribution in [3.63, 3.8) is 0 Å². The molecule has 0 aromatic heterocycles. The Morgan fingerprint density at radius 3 is 2.16 bits per heavy atom. The number of hydrogen-bond donors (Lipinski definition) is 1. The fraction of sp³-hybridized carbons (Fsp3) is 0.867. The first kappa shape index (κ1) is 16.0. The summed E-state index contributed by atoms with van der Waals surface area (Å²) in [6.45, 7) is 12.7. The molecule has 0 saturated carbocycles. The Labute approximate surface area is 116 Å². The van der Waals surface area contributed by atoms with Crippen LogP contribution in [0.5, 0.6) is 0 Å². The number of rotatable bonds is 4. The van der Waals surface area contributed by atoms with Crippen molar-refractivity contribution >= 4 is 11.8 Å². The Morgan fingerprint density at radius 2 is 1.74 bits per heavy atom. The molecule has 0 aromatic carbocycles. The summed E-state index contributed by atoms with van der Waals surface area (Å²) in [6, 6.07) is -0.766. The zero-order valence-electron chi connectivity index (χ0n) is 13.1. The molecule has 2 atom stereocenters. The van der Waals surface area contributed by atoms with E-state index < -0.39 is 6.04 Å². The van der Waals surface area contributed by atoms with Crippen LogP contribution in [0.25, 0.3) is 0 Å². The van der Waals surface area contributed by atoms with Gasteiger partial charge in [0, 0.05) is 6.54 Å². The smallest absolute Gasteiger partial charge is 0.246 e. The summed E-state index contributed by atoms with van der Waals surface area (Å²) in [5, 5.41) is 2.86. The van der Waals surface area contributed by atoms with E-state index in [4.69, 9.17) is 0 Å². The Morgan fingerprint density at radius 1 is 1.21 bits per heavy atom. The predicted octanol–water partition coefficient (Wildman–Crippen LogP) is 2.18. The second kappa shape index (κ2) is 5.93. The second-order valence-electron chi connectivity index (χ2n) is 6.66. The highest BCUT2D eigenvalue weighted by atomic mass is 16.2. The van der Waals surface area contributed by atoms with Crippen molar-refractivity contribution in [3.05, 3.63) is 0 Å². The van der Waals surface area contributed by atoms with Crippen molar-refractivity contribution < 1.29 is 9.59 Å². The predicted molar refractivity (Wildman–Crippen MR) is 76.6 cm³/mol. The van der Waals surface area contributed by atoms with E-state index in [1.165, 1.54) is 0 Å². The van der Waals surface area contributed by atoms with Gasteiger partial charge in [-0.2, -0.15) is 0 Å². The molecule has 110 valence electrons. The topological polar surface area (TPSA) is 49.4 Å². The van der Waals surface area contributed by atoms with E-state index >= 15 is 0 Å². The minimum Gasteiger partial charge on any atom is -0.342 e. The van der Waals surface area contributed by atoms with Crippen molar-refractivity contribution in [2.24, 2.45) is 11.3 Å². The van der Waals surface area contributed by atoms with E-state index in [2.05, 4.69) is 19.2 Å². The maximum absolute atomic E-state index is 12.6. The number of nitrogens with zero attached hydrogens (tertiary/aromatic N) is 1. The zero-order valence-corrected chi connectivity index (χ0v) is 13.1. The fourth-order valence-electron chi connectivity index (χ4n) is 2.48. The first-order valence-corrected chi connectivity index (χ1v) is 7.33. The van der Waals surface area contributed by atoms with Crippen molar-refractivity contribution in [1.82, 2.24) is 10.2 Å². The van der Waals surface area contributed by atoms with Crippen LogP contribution < -0.4 is 5.32 Å². The molecule has 1 aliphatic rings. The highest BCUT2D eigenvalue weighted by molar-refractivity contribution is 5.97. The van der Waals surface area contributed by atoms with Crippen LogP contribution in [0.1, 0.15) is 54.4 Å². The standard InChI is InChI=1S/C15H28N2O2/c1-7-11(8-2)9-17-10(3)13(18)16-12(14(17)19)15(4,5)6/h10-12H,7-9H2,1-6H3,(H,16,18). The molecule has 1 saturated heterocycles. The van der Waals surface area contributed by atoms with E-state index in [1.807, 2.05) is 27.7 Å². The van der Waals surface area contributed by atoms with Gasteiger partial charge in [-0.05, 0) is 18.3 Å². The van der Waals surface area contributed by atoms with Crippen LogP contribution in [0.15, 0.2) is 0 Å². The third kappa shape index (κ3) is 3.48. The van der Waals surface area contributed by atoms with E-state index in [9.17, 15) is 9.59 Å². The maximum Gasteiger partial charge on any atom is 0.246 e. The van der Waals surface area contributed by atoms with E-state index in [1.54, 1.807) is 4.90 Å². The van der Waals surface area contributed by atoms with Gasteiger partial charge in [-0.1, -0.05) is 47.5 Å². The quantitative estimate of drug-likeness (QED) is 0.849. The summed E-state index contributed by atoms with van der Waals surface area (Å²) < 4.78 is 0. The molecule has 2 amide bonds. The lowest BCUT2D eigenvalue weighted by molar-refractivity contribution is -0.152. The van der Waals surface area contributed by atoms with Gasteiger partial charge in [0.15, 0.2) is 0 Å². The van der Waals surface area contributed by atoms with Crippen LogP contribution in [-0.4, -0.2) is 35.3 Å². The lowest BCUT2D eigenvalue weighted by Crippen LogP contribution is -2.66. The van der Waals surface area contributed by atoms with Crippen molar-refractivity contribution in [3.8, 4) is 0 Å². The summed E-state index contributed by atoms with van der Waals surface area (Å²) in [7, 11) is 0. The summed E-state index contributed by atoms with van der Waals surface area (Å²) in [5.41, 5.74) is -0.251. The van der Waals surface area contributed by atoms with Crippen LogP contribution >= 0.6 is 0 Å². The van der Waals surface area contributed by atoms with Gasteiger partial charge in [0.05, 0.1) is 0 Å². The molecule has 1 aliphatic heterocycles. The lowest BCUT2D eigenvalue weighted by Gasteiger charge is -2.43. The molecule has 1 N–H and O–H groups in total. The molecular formula is C15H28N2O2. The normalized spacial score (nSPS) is 24.9. The first-order chi connectivity index (χ1) is 8.72. The van der Waals surface area contributed by atoms with Gasteiger partial charge in [-0.25, -0.2) is 0 Å². The number of amides is 2. The third-order valence-corrected chi connectivity index (χ3v) is 4.14. The van der Waals surface area contributed by atoms with E-state index in [0.29, 0.717) is 12.5 Å². The first-order valence-electron chi connectivity index (χ1n) is 7.33. The highest BCUT2D eigenvalue weighted by Crippen LogP contribution is 2.26. The van der Waals surface area contributed by atoms with Gasteiger partial charge in [0.1, 0.15) is 12.1 Å². The Hall–Kier alpha value is -1.06. The highest BCUT2D eigenvalue weighted by Gasteiger charge is 2.43. The molecule has 1 heterocycles. The van der Waals surface area contributed by atoms with Crippen LogP contribution in [0.3, 0.4) is 0 Å². The molecule has 0 spiro atoms. The Balaban J connectivity index is 2.93. The van der Waals surface area contributed by atoms with Crippen LogP contribution in [0, 0.1) is 11.3 Å². The van der Waals surface area contributed by atoms with Gasteiger partial charge >= 0.3 is 0 Å². The number of nitrogens with one attached hydrogen (secondary N) is 1. The fourth-order valence-corrected chi connectivity index (χ4v) is 2.48. The van der Waals surface area contributed by atoms with Gasteiger partial charge in [0.2, 0.25) is 11.8 Å². The zero-order chi connectivity index (χ0) is 14.8. The molecule has 1 fully saturated rings. The van der Waals surface area contributed by atoms with Crippen LogP contribution in [0.4, 0.5) is 0 Å².